The summed E-state index contributed by atoms with van der Waals surface area (Å²) in [6, 6.07) is 4.00. The smallest absolute Gasteiger partial charge is 0.197 e. The van der Waals surface area contributed by atoms with Crippen molar-refractivity contribution < 1.29 is 47.8 Å². The van der Waals surface area contributed by atoms with Gasteiger partial charge >= 0.3 is 0 Å². The average molecular weight is 455 g/mol. The van der Waals surface area contributed by atoms with E-state index >= 15 is 0 Å². The van der Waals surface area contributed by atoms with E-state index in [1.807, 2.05) is 6.07 Å². The molecular weight excluding hydrogens is 433 g/mol. The van der Waals surface area contributed by atoms with Crippen LogP contribution in [0.2, 0.25) is 0 Å². The second kappa shape index (κ2) is 4.98. The highest BCUT2D eigenvalue weighted by Gasteiger charge is 2.74. The monoisotopic (exact) mass is 455 g/mol. The maximum Gasteiger partial charge on any atom is 0.197 e. The molecule has 0 unspecified atom stereocenters. The topological polar surface area (TPSA) is 55.8 Å². The number of benzene rings is 1. The Balaban J connectivity index is 0.00000157. The van der Waals surface area contributed by atoms with E-state index in [-0.39, 0.29) is 35.8 Å². The van der Waals surface area contributed by atoms with E-state index in [0.717, 1.165) is 29.4 Å². The van der Waals surface area contributed by atoms with Crippen LogP contribution in [0.5, 0.6) is 11.5 Å². The lowest BCUT2D eigenvalue weighted by Gasteiger charge is -2.61. The molecular formula is C19H22INO4. The van der Waals surface area contributed by atoms with Gasteiger partial charge in [0.2, 0.25) is 0 Å². The van der Waals surface area contributed by atoms with Crippen molar-refractivity contribution in [1.29, 1.82) is 0 Å². The maximum absolute atomic E-state index is 12.7. The zero-order valence-electron chi connectivity index (χ0n) is 14.6. The van der Waals surface area contributed by atoms with Crippen molar-refractivity contribution in [1.82, 2.24) is 0 Å². The van der Waals surface area contributed by atoms with Crippen LogP contribution in [0.15, 0.2) is 24.3 Å². The van der Waals surface area contributed by atoms with Crippen LogP contribution >= 0.6 is 0 Å². The van der Waals surface area contributed by atoms with Gasteiger partial charge in [-0.15, -0.1) is 0 Å². The Morgan fingerprint density at radius 2 is 2.12 bits per heavy atom. The lowest BCUT2D eigenvalue weighted by Crippen LogP contribution is -3.00. The first kappa shape index (κ1) is 17.3. The van der Waals surface area contributed by atoms with Gasteiger partial charge in [-0.2, -0.15) is 0 Å². The third-order valence-corrected chi connectivity index (χ3v) is 6.88. The van der Waals surface area contributed by atoms with Gasteiger partial charge in [0, 0.05) is 18.4 Å². The minimum atomic E-state index is -1.07. The molecule has 4 aliphatic rings. The van der Waals surface area contributed by atoms with Crippen molar-refractivity contribution in [3.05, 3.63) is 35.4 Å². The molecule has 1 N–H and O–H groups in total. The quantitative estimate of drug-likeness (QED) is 0.393. The van der Waals surface area contributed by atoms with E-state index in [1.54, 1.807) is 13.2 Å². The van der Waals surface area contributed by atoms with E-state index in [9.17, 15) is 9.90 Å². The lowest BCUT2D eigenvalue weighted by atomic mass is 9.50. The predicted octanol–water partition coefficient (Wildman–Crippen LogP) is -2.03. The molecule has 2 bridgehead atoms. The summed E-state index contributed by atoms with van der Waals surface area (Å²) in [6.07, 6.45) is 4.11. The fraction of sp³-hybridized carbons (Fsp3) is 0.526. The molecule has 2 heterocycles. The van der Waals surface area contributed by atoms with Crippen LogP contribution < -0.4 is 33.5 Å². The van der Waals surface area contributed by atoms with Crippen molar-refractivity contribution in [2.75, 3.05) is 27.7 Å². The summed E-state index contributed by atoms with van der Waals surface area (Å²) >= 11 is 0. The van der Waals surface area contributed by atoms with Gasteiger partial charge in [0.15, 0.2) is 23.4 Å². The number of likely N-dealkylation sites (N-methyl/N-ethyl adjacent to an activating group) is 1. The minimum Gasteiger partial charge on any atom is -1.00 e. The van der Waals surface area contributed by atoms with Crippen LogP contribution in [0.25, 0.3) is 0 Å². The van der Waals surface area contributed by atoms with Crippen LogP contribution in [-0.4, -0.2) is 60.9 Å². The number of carbonyl (C=O) groups excluding carboxylic acids is 1. The molecule has 1 saturated heterocycles. The number of likely N-dealkylation sites (tertiary alicyclic amines) is 1. The van der Waals surface area contributed by atoms with Gasteiger partial charge in [0.1, 0.15) is 11.6 Å². The Kier molecular flexibility index (Phi) is 3.45. The number of halogens is 1. The first-order valence-corrected chi connectivity index (χ1v) is 8.50. The predicted molar refractivity (Wildman–Crippen MR) is 87.3 cm³/mol. The molecule has 4 atom stereocenters. The van der Waals surface area contributed by atoms with Gasteiger partial charge in [-0.3, -0.25) is 4.79 Å². The van der Waals surface area contributed by atoms with Crippen LogP contribution in [0.3, 0.4) is 0 Å². The van der Waals surface area contributed by atoms with Crippen LogP contribution in [0, 0.1) is 0 Å². The largest absolute Gasteiger partial charge is 1.00 e. The summed E-state index contributed by atoms with van der Waals surface area (Å²) < 4.78 is 12.4. The zero-order chi connectivity index (χ0) is 16.9. The van der Waals surface area contributed by atoms with Gasteiger partial charge in [-0.1, -0.05) is 6.07 Å². The van der Waals surface area contributed by atoms with E-state index in [2.05, 4.69) is 20.2 Å². The molecule has 5 nitrogen and oxygen atoms in total. The molecule has 2 aliphatic heterocycles. The second-order valence-corrected chi connectivity index (χ2v) is 8.13. The first-order chi connectivity index (χ1) is 11.3. The molecule has 0 amide bonds. The molecule has 1 spiro atoms. The van der Waals surface area contributed by atoms with E-state index in [1.165, 1.54) is 11.6 Å². The number of quaternary nitrogens is 1. The highest BCUT2D eigenvalue weighted by molar-refractivity contribution is 5.99. The maximum atomic E-state index is 12.7. The number of piperidine rings is 1. The highest BCUT2D eigenvalue weighted by atomic mass is 127. The molecule has 1 fully saturated rings. The van der Waals surface area contributed by atoms with Crippen molar-refractivity contribution in [3.63, 3.8) is 0 Å². The zero-order valence-corrected chi connectivity index (χ0v) is 16.7. The fourth-order valence-electron chi connectivity index (χ4n) is 5.68. The minimum absolute atomic E-state index is 0. The highest BCUT2D eigenvalue weighted by Crippen LogP contribution is 2.64. The number of ketones is 1. The van der Waals surface area contributed by atoms with Crippen molar-refractivity contribution >= 4 is 5.78 Å². The summed E-state index contributed by atoms with van der Waals surface area (Å²) in [7, 11) is 5.94. The Morgan fingerprint density at radius 3 is 2.84 bits per heavy atom. The molecule has 134 valence electrons. The number of nitrogens with zero attached hydrogens (tertiary/aromatic N) is 1. The van der Waals surface area contributed by atoms with E-state index in [0.29, 0.717) is 11.5 Å². The number of ether oxygens (including phenoxy) is 2. The summed E-state index contributed by atoms with van der Waals surface area (Å²) in [6.45, 7) is 0.907. The average Bonchev–Trinajstić information content (AvgIpc) is 2.90. The number of carbonyl (C=O) groups is 1. The number of aliphatic hydroxyl groups is 1. The normalized spacial score (nSPS) is 38.5. The SMILES string of the molecule is COc1ccc2c3c1O[C@H]1C(=O)C=C[C@@]4(O)[C@@H](C2)[N+](C)(C)CC[C@]314.[I-]. The Labute approximate surface area is 164 Å². The van der Waals surface area contributed by atoms with Gasteiger partial charge < -0.3 is 43.0 Å². The first-order valence-electron chi connectivity index (χ1n) is 8.50. The van der Waals surface area contributed by atoms with Crippen LogP contribution in [0.4, 0.5) is 0 Å². The number of methoxy groups -OCH3 is 1. The van der Waals surface area contributed by atoms with Crippen molar-refractivity contribution in [3.8, 4) is 11.5 Å². The Hall–Kier alpha value is -1.12. The van der Waals surface area contributed by atoms with E-state index in [4.69, 9.17) is 9.47 Å². The molecule has 5 rings (SSSR count). The summed E-state index contributed by atoms with van der Waals surface area (Å²) in [5.74, 6) is 1.24. The number of hydrogen-bond acceptors (Lipinski definition) is 4. The molecule has 25 heavy (non-hydrogen) atoms. The lowest BCUT2D eigenvalue weighted by molar-refractivity contribution is -0.929. The standard InChI is InChI=1S/C19H22NO4.HI/c1-20(2)9-8-18-15-11-4-5-13(23-3)16(15)24-17(18)12(21)6-7-19(18,22)14(20)10-11;/h4-7,14,17,22H,8-10H2,1-3H3;1H/q+1;/p-1/t14-,17+,18+,19-;/m1./s1. The molecule has 2 aliphatic carbocycles. The van der Waals surface area contributed by atoms with Gasteiger partial charge in [-0.05, 0) is 23.8 Å². The van der Waals surface area contributed by atoms with Crippen molar-refractivity contribution in [2.24, 2.45) is 0 Å². The van der Waals surface area contributed by atoms with Crippen LogP contribution in [0.1, 0.15) is 17.5 Å². The third-order valence-electron chi connectivity index (χ3n) is 6.88. The molecule has 6 heteroatoms. The Bertz CT molecular complexity index is 820. The van der Waals surface area contributed by atoms with E-state index < -0.39 is 17.1 Å². The Morgan fingerprint density at radius 1 is 1.36 bits per heavy atom. The summed E-state index contributed by atoms with van der Waals surface area (Å²) in [5.41, 5.74) is 0.423. The van der Waals surface area contributed by atoms with Gasteiger partial charge in [-0.25, -0.2) is 0 Å². The fourth-order valence-corrected chi connectivity index (χ4v) is 5.68. The summed E-state index contributed by atoms with van der Waals surface area (Å²) in [4.78, 5) is 12.7. The number of rotatable bonds is 1. The van der Waals surface area contributed by atoms with Crippen molar-refractivity contribution in [2.45, 2.75) is 36.0 Å². The second-order valence-electron chi connectivity index (χ2n) is 8.13. The van der Waals surface area contributed by atoms with Gasteiger partial charge in [0.25, 0.3) is 0 Å². The number of hydrogen-bond donors (Lipinski definition) is 1. The molecule has 1 aromatic carbocycles. The molecule has 0 aromatic heterocycles. The van der Waals surface area contributed by atoms with Crippen LogP contribution in [-0.2, 0) is 16.6 Å². The molecule has 0 radical (unpaired) electrons. The third kappa shape index (κ3) is 1.73. The summed E-state index contributed by atoms with van der Waals surface area (Å²) in [5, 5.41) is 11.9. The van der Waals surface area contributed by atoms with Gasteiger partial charge in [0.05, 0.1) is 33.2 Å². The molecule has 1 aromatic rings. The molecule has 0 saturated carbocycles.